The molecule has 0 bridgehead atoms. The van der Waals surface area contributed by atoms with Crippen molar-refractivity contribution in [1.29, 1.82) is 0 Å². The number of nitrogens with zero attached hydrogens (tertiary/aromatic N) is 1. The van der Waals surface area contributed by atoms with E-state index in [1.807, 2.05) is 0 Å². The largest absolute Gasteiger partial charge is 0.467 e. The summed E-state index contributed by atoms with van der Waals surface area (Å²) in [6.45, 7) is 0. The minimum absolute atomic E-state index is 0.270. The van der Waals surface area contributed by atoms with Crippen LogP contribution in [0.5, 0.6) is 0 Å². The molecule has 1 aliphatic rings. The highest BCUT2D eigenvalue weighted by atomic mass is 19.4. The van der Waals surface area contributed by atoms with Gasteiger partial charge >= 0.3 is 35.9 Å². The summed E-state index contributed by atoms with van der Waals surface area (Å²) in [7, 11) is 0.919. The van der Waals surface area contributed by atoms with Gasteiger partial charge in [-0.3, -0.25) is 4.79 Å². The Morgan fingerprint density at radius 2 is 1.55 bits per heavy atom. The highest BCUT2D eigenvalue weighted by molar-refractivity contribution is 6.21. The first kappa shape index (κ1) is 24.0. The number of rotatable bonds is 5. The normalized spacial score (nSPS) is 21.4. The monoisotopic (exact) mass is 456 g/mol. The lowest BCUT2D eigenvalue weighted by atomic mass is 9.86. The molecule has 8 nitrogen and oxygen atoms in total. The summed E-state index contributed by atoms with van der Waals surface area (Å²) in [5.74, 6) is -7.31. The minimum Gasteiger partial charge on any atom is -0.467 e. The number of amides is 3. The second-order valence-electron chi connectivity index (χ2n) is 6.32. The summed E-state index contributed by atoms with van der Waals surface area (Å²) in [6.07, 6.45) is -13.2. The lowest BCUT2D eigenvalue weighted by Crippen LogP contribution is -2.70. The van der Waals surface area contributed by atoms with Gasteiger partial charge < -0.3 is 14.8 Å². The zero-order valence-electron chi connectivity index (χ0n) is 15.8. The van der Waals surface area contributed by atoms with E-state index in [4.69, 9.17) is 0 Å². The lowest BCUT2D eigenvalue weighted by molar-refractivity contribution is -0.236. The maximum Gasteiger partial charge on any atom is 0.431 e. The third kappa shape index (κ3) is 3.45. The van der Waals surface area contributed by atoms with Crippen LogP contribution >= 0.6 is 0 Å². The van der Waals surface area contributed by atoms with Crippen LogP contribution in [-0.2, 0) is 30.3 Å². The van der Waals surface area contributed by atoms with Crippen molar-refractivity contribution in [3.05, 3.63) is 35.9 Å². The molecule has 0 aliphatic carbocycles. The zero-order chi connectivity index (χ0) is 23.8. The van der Waals surface area contributed by atoms with Crippen LogP contribution in [-0.4, -0.2) is 66.4 Å². The third-order valence-electron chi connectivity index (χ3n) is 4.61. The number of benzene rings is 1. The SMILES string of the molecule is COC(=O)C1(C(F)(F)F)NC(=O)N([C@@](Cc2ccccc2)(C(=O)OC)C(F)(F)F)C1=O. The molecule has 2 rings (SSSR count). The fraction of sp³-hybridized carbons (Fsp3) is 0.412. The van der Waals surface area contributed by atoms with Crippen molar-refractivity contribution in [2.45, 2.75) is 29.9 Å². The number of methoxy groups -OCH3 is 2. The van der Waals surface area contributed by atoms with Crippen LogP contribution in [0.25, 0.3) is 0 Å². The summed E-state index contributed by atoms with van der Waals surface area (Å²) in [4.78, 5) is 48.3. The van der Waals surface area contributed by atoms with E-state index in [2.05, 4.69) is 9.47 Å². The van der Waals surface area contributed by atoms with Crippen molar-refractivity contribution in [1.82, 2.24) is 10.2 Å². The van der Waals surface area contributed by atoms with Crippen molar-refractivity contribution >= 4 is 23.9 Å². The number of halogens is 6. The average molecular weight is 456 g/mol. The van der Waals surface area contributed by atoms with E-state index in [1.165, 1.54) is 18.2 Å². The van der Waals surface area contributed by atoms with Gasteiger partial charge in [0.2, 0.25) is 5.54 Å². The molecule has 1 aliphatic heterocycles. The molecular weight excluding hydrogens is 442 g/mol. The first-order valence-corrected chi connectivity index (χ1v) is 8.21. The third-order valence-corrected chi connectivity index (χ3v) is 4.61. The second kappa shape index (κ2) is 7.74. The number of alkyl halides is 6. The van der Waals surface area contributed by atoms with Gasteiger partial charge in [0.15, 0.2) is 0 Å². The predicted octanol–water partition coefficient (Wildman–Crippen LogP) is 1.73. The number of esters is 2. The van der Waals surface area contributed by atoms with Gasteiger partial charge in [0.25, 0.3) is 5.91 Å². The van der Waals surface area contributed by atoms with Gasteiger partial charge in [-0.25, -0.2) is 19.3 Å². The molecular formula is C17H14F6N2O6. The highest BCUT2D eigenvalue weighted by Gasteiger charge is 2.80. The number of carbonyl (C=O) groups excluding carboxylic acids is 4. The first-order valence-electron chi connectivity index (χ1n) is 8.21. The average Bonchev–Trinajstić information content (AvgIpc) is 2.96. The number of hydrogen-bond donors (Lipinski definition) is 1. The standard InChI is InChI=1S/C17H14F6N2O6/c1-30-11(27)14(16(18,19)20,8-9-6-4-3-5-7-9)25-10(26)15(12(28)31-2,17(21,22)23)24-13(25)29/h3-7H,8H2,1-2H3,(H,24,29)/t14-,15?/m0/s1. The van der Waals surface area contributed by atoms with Gasteiger partial charge in [0.05, 0.1) is 14.2 Å². The lowest BCUT2D eigenvalue weighted by Gasteiger charge is -2.39. The van der Waals surface area contributed by atoms with Gasteiger partial charge in [-0.05, 0) is 5.56 Å². The molecule has 0 spiro atoms. The van der Waals surface area contributed by atoms with Crippen LogP contribution in [0.1, 0.15) is 5.56 Å². The number of carbonyl (C=O) groups is 4. The Balaban J connectivity index is 2.82. The molecule has 1 heterocycles. The van der Waals surface area contributed by atoms with Gasteiger partial charge in [0.1, 0.15) is 0 Å². The molecule has 14 heteroatoms. The van der Waals surface area contributed by atoms with Crippen molar-refractivity contribution in [2.75, 3.05) is 14.2 Å². The molecule has 3 amide bonds. The van der Waals surface area contributed by atoms with E-state index in [0.29, 0.717) is 14.2 Å². The van der Waals surface area contributed by atoms with E-state index in [9.17, 15) is 45.5 Å². The molecule has 1 aromatic rings. The Hall–Kier alpha value is -3.32. The summed E-state index contributed by atoms with van der Waals surface area (Å²) < 4.78 is 91.9. The van der Waals surface area contributed by atoms with Crippen molar-refractivity contribution in [3.8, 4) is 0 Å². The maximum absolute atomic E-state index is 14.3. The molecule has 1 N–H and O–H groups in total. The Bertz CT molecular complexity index is 903. The number of nitrogens with one attached hydrogen (secondary N) is 1. The van der Waals surface area contributed by atoms with Gasteiger partial charge in [-0.15, -0.1) is 0 Å². The van der Waals surface area contributed by atoms with Crippen molar-refractivity contribution < 1.29 is 55.0 Å². The van der Waals surface area contributed by atoms with E-state index >= 15 is 0 Å². The predicted molar refractivity (Wildman–Crippen MR) is 87.1 cm³/mol. The number of imide groups is 1. The summed E-state index contributed by atoms with van der Waals surface area (Å²) >= 11 is 0. The van der Waals surface area contributed by atoms with E-state index < -0.39 is 58.6 Å². The van der Waals surface area contributed by atoms with Crippen molar-refractivity contribution in [2.24, 2.45) is 0 Å². The van der Waals surface area contributed by atoms with Crippen LogP contribution in [0.3, 0.4) is 0 Å². The van der Waals surface area contributed by atoms with E-state index in [0.717, 1.165) is 17.4 Å². The molecule has 0 aromatic heterocycles. The highest BCUT2D eigenvalue weighted by Crippen LogP contribution is 2.45. The molecule has 1 aromatic carbocycles. The molecule has 2 atom stereocenters. The van der Waals surface area contributed by atoms with Crippen LogP contribution in [0.2, 0.25) is 0 Å². The maximum atomic E-state index is 14.3. The molecule has 31 heavy (non-hydrogen) atoms. The topological polar surface area (TPSA) is 102 Å². The van der Waals surface area contributed by atoms with E-state index in [-0.39, 0.29) is 5.56 Å². The Kier molecular flexibility index (Phi) is 5.98. The first-order chi connectivity index (χ1) is 14.2. The number of urea groups is 1. The van der Waals surface area contributed by atoms with Crippen LogP contribution in [0.15, 0.2) is 30.3 Å². The zero-order valence-corrected chi connectivity index (χ0v) is 15.8. The van der Waals surface area contributed by atoms with Crippen LogP contribution in [0, 0.1) is 0 Å². The Morgan fingerprint density at radius 3 is 1.97 bits per heavy atom. The fourth-order valence-electron chi connectivity index (χ4n) is 3.12. The molecule has 1 saturated heterocycles. The minimum atomic E-state index is -5.90. The van der Waals surface area contributed by atoms with Gasteiger partial charge in [0, 0.05) is 6.42 Å². The Morgan fingerprint density at radius 1 is 1.00 bits per heavy atom. The van der Waals surface area contributed by atoms with Crippen LogP contribution < -0.4 is 5.32 Å². The molecule has 1 fully saturated rings. The van der Waals surface area contributed by atoms with Crippen LogP contribution in [0.4, 0.5) is 31.1 Å². The molecule has 0 radical (unpaired) electrons. The fourth-order valence-corrected chi connectivity index (χ4v) is 3.12. The number of ether oxygens (including phenoxy) is 2. The van der Waals surface area contributed by atoms with Crippen molar-refractivity contribution in [3.63, 3.8) is 0 Å². The quantitative estimate of drug-likeness (QED) is 0.314. The summed E-state index contributed by atoms with van der Waals surface area (Å²) in [5, 5.41) is 0.930. The summed E-state index contributed by atoms with van der Waals surface area (Å²) in [6, 6.07) is 3.79. The second-order valence-corrected chi connectivity index (χ2v) is 6.32. The van der Waals surface area contributed by atoms with Gasteiger partial charge in [-0.2, -0.15) is 26.3 Å². The molecule has 0 saturated carbocycles. The van der Waals surface area contributed by atoms with E-state index in [1.54, 1.807) is 0 Å². The molecule has 1 unspecified atom stereocenters. The van der Waals surface area contributed by atoms with Gasteiger partial charge in [-0.1, -0.05) is 30.3 Å². The molecule has 170 valence electrons. The Labute approximate surface area is 170 Å². The summed E-state index contributed by atoms with van der Waals surface area (Å²) in [5.41, 5.74) is -8.97. The number of hydrogen-bond acceptors (Lipinski definition) is 6. The smallest absolute Gasteiger partial charge is 0.431 e.